The molecule has 0 aliphatic carbocycles. The van der Waals surface area contributed by atoms with E-state index in [1.165, 1.54) is 17.7 Å². The van der Waals surface area contributed by atoms with Gasteiger partial charge in [-0.25, -0.2) is 8.78 Å². The summed E-state index contributed by atoms with van der Waals surface area (Å²) in [6.07, 6.45) is 9.36. The molecule has 1 aromatic rings. The van der Waals surface area contributed by atoms with Crippen LogP contribution in [0.15, 0.2) is 42.1 Å². The maximum Gasteiger partial charge on any atom is 0.225 e. The number of nitrogens with zero attached hydrogens (tertiary/aromatic N) is 3. The van der Waals surface area contributed by atoms with Gasteiger partial charge in [-0.1, -0.05) is 6.07 Å². The number of carbonyl (C=O) groups is 1. The maximum atomic E-state index is 13.8. The van der Waals surface area contributed by atoms with E-state index in [-0.39, 0.29) is 30.7 Å². The lowest BCUT2D eigenvalue weighted by Crippen LogP contribution is -2.46. The molecule has 3 aliphatic heterocycles. The Bertz CT molecular complexity index is 890. The minimum absolute atomic E-state index is 0.0115. The number of nitrogens with two attached hydrogens (primary N) is 1. The van der Waals surface area contributed by atoms with Gasteiger partial charge in [-0.2, -0.15) is 0 Å². The smallest absolute Gasteiger partial charge is 0.225 e. The first-order valence-electron chi connectivity index (χ1n) is 11.8. The van der Waals surface area contributed by atoms with Gasteiger partial charge >= 0.3 is 0 Å². The van der Waals surface area contributed by atoms with E-state index in [0.717, 1.165) is 51.4 Å². The molecule has 2 saturated heterocycles. The maximum absolute atomic E-state index is 13.8. The molecule has 0 bridgehead atoms. The molecule has 1 atom stereocenters. The van der Waals surface area contributed by atoms with Gasteiger partial charge in [-0.15, -0.1) is 0 Å². The topological polar surface area (TPSA) is 62.0 Å². The average Bonchev–Trinajstić information content (AvgIpc) is 2.81. The van der Waals surface area contributed by atoms with Crippen molar-refractivity contribution in [2.24, 2.45) is 11.7 Å². The summed E-state index contributed by atoms with van der Waals surface area (Å²) in [7, 11) is 1.96. The summed E-state index contributed by atoms with van der Waals surface area (Å²) < 4.78 is 32.7. The van der Waals surface area contributed by atoms with E-state index in [9.17, 15) is 13.6 Å². The van der Waals surface area contributed by atoms with Gasteiger partial charge in [-0.3, -0.25) is 9.69 Å². The van der Waals surface area contributed by atoms with Crippen LogP contribution < -0.4 is 5.73 Å². The molecule has 33 heavy (non-hydrogen) atoms. The standard InChI is InChI=1S/C25H34F2N4O2/c1-29-9-4-18(14-24(29)28)16-30-10-5-19(6-11-30)25(32)31-12-7-22(8-13-31)33-17-20-2-3-21(26)15-23(20)27/h2-4,9,14-15,19,22,24H,5-8,10-13,16-17,28H2,1H3. The van der Waals surface area contributed by atoms with Crippen LogP contribution in [-0.2, 0) is 16.1 Å². The molecule has 0 spiro atoms. The highest BCUT2D eigenvalue weighted by Gasteiger charge is 2.31. The van der Waals surface area contributed by atoms with E-state index < -0.39 is 11.6 Å². The largest absolute Gasteiger partial charge is 0.373 e. The average molecular weight is 461 g/mol. The van der Waals surface area contributed by atoms with Crippen LogP contribution >= 0.6 is 0 Å². The Labute approximate surface area is 194 Å². The van der Waals surface area contributed by atoms with Gasteiger partial charge in [0.05, 0.1) is 18.9 Å². The molecule has 0 saturated carbocycles. The highest BCUT2D eigenvalue weighted by Crippen LogP contribution is 2.24. The van der Waals surface area contributed by atoms with Crippen molar-refractivity contribution in [1.82, 2.24) is 14.7 Å². The number of hydrogen-bond donors (Lipinski definition) is 1. The third-order valence-electron chi connectivity index (χ3n) is 6.97. The zero-order chi connectivity index (χ0) is 23.4. The van der Waals surface area contributed by atoms with E-state index in [0.29, 0.717) is 18.7 Å². The summed E-state index contributed by atoms with van der Waals surface area (Å²) in [5, 5.41) is 0. The summed E-state index contributed by atoms with van der Waals surface area (Å²) in [6, 6.07) is 3.54. The van der Waals surface area contributed by atoms with Gasteiger partial charge in [-0.05, 0) is 62.6 Å². The third-order valence-corrected chi connectivity index (χ3v) is 6.97. The van der Waals surface area contributed by atoms with E-state index >= 15 is 0 Å². The molecule has 0 aromatic heterocycles. The molecule has 1 amide bonds. The minimum atomic E-state index is -0.589. The van der Waals surface area contributed by atoms with Crippen molar-refractivity contribution >= 4 is 5.91 Å². The summed E-state index contributed by atoms with van der Waals surface area (Å²) >= 11 is 0. The second-order valence-electron chi connectivity index (χ2n) is 9.34. The van der Waals surface area contributed by atoms with Crippen LogP contribution in [0.25, 0.3) is 0 Å². The normalized spacial score (nSPS) is 23.2. The zero-order valence-electron chi connectivity index (χ0n) is 19.3. The minimum Gasteiger partial charge on any atom is -0.373 e. The number of likely N-dealkylation sites (tertiary alicyclic amines) is 2. The lowest BCUT2D eigenvalue weighted by atomic mass is 9.93. The second kappa shape index (κ2) is 10.8. The number of piperidine rings is 2. The summed E-state index contributed by atoms with van der Waals surface area (Å²) in [5.74, 6) is -0.844. The van der Waals surface area contributed by atoms with Crippen molar-refractivity contribution in [3.63, 3.8) is 0 Å². The van der Waals surface area contributed by atoms with Crippen molar-refractivity contribution in [3.8, 4) is 0 Å². The van der Waals surface area contributed by atoms with Crippen LogP contribution in [0.4, 0.5) is 8.78 Å². The fraction of sp³-hybridized carbons (Fsp3) is 0.560. The Morgan fingerprint density at radius 2 is 1.85 bits per heavy atom. The Hall–Kier alpha value is -2.29. The molecule has 8 heteroatoms. The molecule has 1 unspecified atom stereocenters. The number of carbonyl (C=O) groups excluding carboxylic acids is 1. The van der Waals surface area contributed by atoms with Gasteiger partial charge in [0.15, 0.2) is 0 Å². The second-order valence-corrected chi connectivity index (χ2v) is 9.34. The van der Waals surface area contributed by atoms with Gasteiger partial charge < -0.3 is 20.3 Å². The first-order valence-corrected chi connectivity index (χ1v) is 11.8. The van der Waals surface area contributed by atoms with Crippen LogP contribution in [0.2, 0.25) is 0 Å². The highest BCUT2D eigenvalue weighted by molar-refractivity contribution is 5.79. The quantitative estimate of drug-likeness (QED) is 0.708. The summed E-state index contributed by atoms with van der Waals surface area (Å²) in [6.45, 7) is 4.15. The number of amides is 1. The predicted octanol–water partition coefficient (Wildman–Crippen LogP) is 2.85. The van der Waals surface area contributed by atoms with Gasteiger partial charge in [0, 0.05) is 50.4 Å². The van der Waals surface area contributed by atoms with Crippen LogP contribution in [0.1, 0.15) is 31.2 Å². The summed E-state index contributed by atoms with van der Waals surface area (Å²) in [4.78, 5) is 19.4. The number of rotatable bonds is 6. The SMILES string of the molecule is CN1C=CC(CN2CCC(C(=O)N3CCC(OCc4ccc(F)cc4F)CC3)CC2)=CC1N. The number of likely N-dealkylation sites (N-methyl/N-ethyl adjacent to an activating group) is 1. The molecule has 4 rings (SSSR count). The van der Waals surface area contributed by atoms with Crippen molar-refractivity contribution in [1.29, 1.82) is 0 Å². The Morgan fingerprint density at radius 1 is 1.12 bits per heavy atom. The lowest BCUT2D eigenvalue weighted by Gasteiger charge is -2.37. The monoisotopic (exact) mass is 460 g/mol. The molecule has 0 radical (unpaired) electrons. The summed E-state index contributed by atoms with van der Waals surface area (Å²) in [5.41, 5.74) is 7.66. The molecule has 2 N–H and O–H groups in total. The number of halogens is 2. The Balaban J connectivity index is 1.17. The van der Waals surface area contributed by atoms with E-state index in [1.807, 2.05) is 23.0 Å². The van der Waals surface area contributed by atoms with Crippen LogP contribution in [0.3, 0.4) is 0 Å². The molecule has 6 nitrogen and oxygen atoms in total. The number of benzene rings is 1. The van der Waals surface area contributed by atoms with Crippen molar-refractivity contribution < 1.29 is 18.3 Å². The molecule has 3 heterocycles. The molecule has 180 valence electrons. The molecule has 2 fully saturated rings. The van der Waals surface area contributed by atoms with E-state index in [2.05, 4.69) is 17.1 Å². The van der Waals surface area contributed by atoms with Gasteiger partial charge in [0.25, 0.3) is 0 Å². The van der Waals surface area contributed by atoms with Crippen molar-refractivity contribution in [2.45, 2.75) is 44.6 Å². The van der Waals surface area contributed by atoms with Gasteiger partial charge in [0.2, 0.25) is 5.91 Å². The van der Waals surface area contributed by atoms with Crippen molar-refractivity contribution in [2.75, 3.05) is 39.8 Å². The molecular weight excluding hydrogens is 426 g/mol. The fourth-order valence-corrected chi connectivity index (χ4v) is 4.75. The zero-order valence-corrected chi connectivity index (χ0v) is 19.3. The number of hydrogen-bond acceptors (Lipinski definition) is 5. The van der Waals surface area contributed by atoms with E-state index in [1.54, 1.807) is 0 Å². The Morgan fingerprint density at radius 3 is 2.52 bits per heavy atom. The lowest BCUT2D eigenvalue weighted by molar-refractivity contribution is -0.139. The van der Waals surface area contributed by atoms with E-state index in [4.69, 9.17) is 10.5 Å². The van der Waals surface area contributed by atoms with Crippen LogP contribution in [-0.4, -0.2) is 72.6 Å². The van der Waals surface area contributed by atoms with Gasteiger partial charge in [0.1, 0.15) is 11.6 Å². The van der Waals surface area contributed by atoms with Crippen LogP contribution in [0.5, 0.6) is 0 Å². The fourth-order valence-electron chi connectivity index (χ4n) is 4.75. The Kier molecular flexibility index (Phi) is 7.78. The molecule has 1 aromatic carbocycles. The van der Waals surface area contributed by atoms with Crippen molar-refractivity contribution in [3.05, 3.63) is 59.3 Å². The highest BCUT2D eigenvalue weighted by atomic mass is 19.1. The predicted molar refractivity (Wildman–Crippen MR) is 123 cm³/mol. The molecular formula is C25H34F2N4O2. The third kappa shape index (κ3) is 6.19. The number of ether oxygens (including phenoxy) is 1. The first-order chi connectivity index (χ1) is 15.9. The van der Waals surface area contributed by atoms with Crippen LogP contribution in [0, 0.1) is 17.6 Å². The molecule has 3 aliphatic rings. The first kappa shape index (κ1) is 23.9.